The number of carbonyl (C=O) groups is 1. The molecule has 0 bridgehead atoms. The molecule has 2 aromatic rings. The number of hydrogen-bond donors (Lipinski definition) is 1. The normalized spacial score (nSPS) is 18.8. The van der Waals surface area contributed by atoms with Gasteiger partial charge in [-0.1, -0.05) is 6.92 Å². The molecule has 1 aliphatic heterocycles. The Morgan fingerprint density at radius 1 is 1.46 bits per heavy atom. The Balaban J connectivity index is 1.87. The predicted molar refractivity (Wildman–Crippen MR) is 98.2 cm³/mol. The number of rotatable bonds is 5. The first-order chi connectivity index (χ1) is 12.3. The second-order valence-electron chi connectivity index (χ2n) is 6.34. The van der Waals surface area contributed by atoms with Crippen LogP contribution in [0.3, 0.4) is 0 Å². The minimum Gasteiger partial charge on any atom is -0.478 e. The number of carboxylic acids is 1. The van der Waals surface area contributed by atoms with Crippen LogP contribution in [-0.4, -0.2) is 46.9 Å². The molecule has 1 N–H and O–H groups in total. The van der Waals surface area contributed by atoms with Gasteiger partial charge in [-0.15, -0.1) is 11.3 Å². The van der Waals surface area contributed by atoms with E-state index < -0.39 is 16.0 Å². The molecule has 9 heteroatoms. The van der Waals surface area contributed by atoms with Crippen molar-refractivity contribution >= 4 is 27.3 Å². The number of aromatic carboxylic acids is 1. The molecule has 0 amide bonds. The van der Waals surface area contributed by atoms with Crippen molar-refractivity contribution in [2.24, 2.45) is 0 Å². The molecule has 3 rings (SSSR count). The number of carboxylic acid groups (broad SMARTS) is 1. The summed E-state index contributed by atoms with van der Waals surface area (Å²) in [7, 11) is -3.79. The van der Waals surface area contributed by atoms with Gasteiger partial charge in [0, 0.05) is 30.6 Å². The van der Waals surface area contributed by atoms with E-state index in [4.69, 9.17) is 0 Å². The molecule has 1 fully saturated rings. The summed E-state index contributed by atoms with van der Waals surface area (Å²) in [5.41, 5.74) is 1.23. The molecule has 140 valence electrons. The minimum atomic E-state index is -3.79. The Bertz CT molecular complexity index is 924. The molecule has 0 spiro atoms. The number of pyridine rings is 1. The molecule has 0 aromatic carbocycles. The van der Waals surface area contributed by atoms with Crippen molar-refractivity contribution in [3.63, 3.8) is 0 Å². The zero-order valence-electron chi connectivity index (χ0n) is 14.7. The highest BCUT2D eigenvalue weighted by atomic mass is 32.2. The second-order valence-corrected chi connectivity index (χ2v) is 9.17. The smallest absolute Gasteiger partial charge is 0.337 e. The zero-order chi connectivity index (χ0) is 18.9. The fourth-order valence-corrected chi connectivity index (χ4v) is 5.58. The molecular weight excluding hydrogens is 374 g/mol. The summed E-state index contributed by atoms with van der Waals surface area (Å²) < 4.78 is 27.4. The van der Waals surface area contributed by atoms with E-state index in [0.29, 0.717) is 18.8 Å². The standard InChI is InChI=1S/C17H21N3O4S2/c1-3-13-10-25-16(19-13)12-5-4-6-20(9-12)26(23,24)14-7-15(17(21)22)11(2)18-8-14/h7-8,10,12H,3-6,9H2,1-2H3,(H,21,22). The Morgan fingerprint density at radius 2 is 2.23 bits per heavy atom. The van der Waals surface area contributed by atoms with E-state index in [1.165, 1.54) is 16.6 Å². The Morgan fingerprint density at radius 3 is 2.88 bits per heavy atom. The van der Waals surface area contributed by atoms with Gasteiger partial charge in [-0.25, -0.2) is 18.2 Å². The first kappa shape index (κ1) is 18.9. The first-order valence-corrected chi connectivity index (χ1v) is 10.8. The Kier molecular flexibility index (Phi) is 5.40. The van der Waals surface area contributed by atoms with Gasteiger partial charge >= 0.3 is 5.97 Å². The second kappa shape index (κ2) is 7.42. The Hall–Kier alpha value is -1.84. The number of thiazole rings is 1. The maximum atomic E-state index is 13.0. The molecule has 1 saturated heterocycles. The van der Waals surface area contributed by atoms with Crippen molar-refractivity contribution in [3.05, 3.63) is 39.6 Å². The highest BCUT2D eigenvalue weighted by molar-refractivity contribution is 7.89. The highest BCUT2D eigenvalue weighted by Crippen LogP contribution is 2.32. The van der Waals surface area contributed by atoms with Crippen molar-refractivity contribution in [1.82, 2.24) is 14.3 Å². The average Bonchev–Trinajstić information content (AvgIpc) is 3.11. The predicted octanol–water partition coefficient (Wildman–Crippen LogP) is 2.68. The van der Waals surface area contributed by atoms with E-state index in [1.807, 2.05) is 12.3 Å². The Labute approximate surface area is 156 Å². The highest BCUT2D eigenvalue weighted by Gasteiger charge is 2.33. The molecule has 0 aliphatic carbocycles. The molecule has 26 heavy (non-hydrogen) atoms. The lowest BCUT2D eigenvalue weighted by Gasteiger charge is -2.31. The van der Waals surface area contributed by atoms with Crippen molar-refractivity contribution in [3.8, 4) is 0 Å². The lowest BCUT2D eigenvalue weighted by atomic mass is 10.0. The van der Waals surface area contributed by atoms with Crippen LogP contribution in [0.5, 0.6) is 0 Å². The number of piperidine rings is 1. The van der Waals surface area contributed by atoms with Crippen LogP contribution in [0.25, 0.3) is 0 Å². The average molecular weight is 396 g/mol. The zero-order valence-corrected chi connectivity index (χ0v) is 16.3. The van der Waals surface area contributed by atoms with Gasteiger partial charge in [0.05, 0.1) is 22.0 Å². The van der Waals surface area contributed by atoms with Crippen molar-refractivity contribution in [2.75, 3.05) is 13.1 Å². The van der Waals surface area contributed by atoms with Crippen LogP contribution in [0.2, 0.25) is 0 Å². The number of aromatic nitrogens is 2. The quantitative estimate of drug-likeness (QED) is 0.835. The van der Waals surface area contributed by atoms with E-state index in [0.717, 1.165) is 30.0 Å². The van der Waals surface area contributed by atoms with Gasteiger partial charge in [-0.05, 0) is 32.3 Å². The molecular formula is C17H21N3O4S2. The van der Waals surface area contributed by atoms with Crippen LogP contribution in [-0.2, 0) is 16.4 Å². The van der Waals surface area contributed by atoms with Crippen molar-refractivity contribution < 1.29 is 18.3 Å². The molecule has 0 radical (unpaired) electrons. The summed E-state index contributed by atoms with van der Waals surface area (Å²) in [5.74, 6) is -1.11. The van der Waals surface area contributed by atoms with Crippen LogP contribution in [0.4, 0.5) is 0 Å². The summed E-state index contributed by atoms with van der Waals surface area (Å²) in [4.78, 5) is 19.8. The van der Waals surface area contributed by atoms with Gasteiger partial charge in [-0.2, -0.15) is 4.31 Å². The number of sulfonamides is 1. The van der Waals surface area contributed by atoms with Crippen molar-refractivity contribution in [2.45, 2.75) is 43.9 Å². The van der Waals surface area contributed by atoms with E-state index >= 15 is 0 Å². The van der Waals surface area contributed by atoms with Gasteiger partial charge < -0.3 is 5.11 Å². The monoisotopic (exact) mass is 395 g/mol. The lowest BCUT2D eigenvalue weighted by Crippen LogP contribution is -2.39. The van der Waals surface area contributed by atoms with Gasteiger partial charge in [0.2, 0.25) is 10.0 Å². The largest absolute Gasteiger partial charge is 0.478 e. The summed E-state index contributed by atoms with van der Waals surface area (Å²) in [6.45, 7) is 4.36. The molecule has 0 saturated carbocycles. The van der Waals surface area contributed by atoms with Crippen LogP contribution in [0, 0.1) is 6.92 Å². The van der Waals surface area contributed by atoms with Gasteiger partial charge in [-0.3, -0.25) is 4.98 Å². The van der Waals surface area contributed by atoms with Gasteiger partial charge in [0.15, 0.2) is 0 Å². The fourth-order valence-electron chi connectivity index (χ4n) is 3.06. The number of aryl methyl sites for hydroxylation is 2. The first-order valence-electron chi connectivity index (χ1n) is 8.47. The third-order valence-corrected chi connectivity index (χ3v) is 7.48. The van der Waals surface area contributed by atoms with E-state index in [1.54, 1.807) is 18.3 Å². The van der Waals surface area contributed by atoms with Gasteiger partial charge in [0.25, 0.3) is 0 Å². The van der Waals surface area contributed by atoms with Crippen molar-refractivity contribution in [1.29, 1.82) is 0 Å². The SMILES string of the molecule is CCc1csc(C2CCCN(S(=O)(=O)c3cnc(C)c(C(=O)O)c3)C2)n1. The van der Waals surface area contributed by atoms with E-state index in [2.05, 4.69) is 9.97 Å². The summed E-state index contributed by atoms with van der Waals surface area (Å²) >= 11 is 1.57. The summed E-state index contributed by atoms with van der Waals surface area (Å²) in [5, 5.41) is 12.2. The van der Waals surface area contributed by atoms with Crippen LogP contribution >= 0.6 is 11.3 Å². The molecule has 7 nitrogen and oxygen atoms in total. The van der Waals surface area contributed by atoms with E-state index in [9.17, 15) is 18.3 Å². The third-order valence-electron chi connectivity index (χ3n) is 4.60. The van der Waals surface area contributed by atoms with Gasteiger partial charge in [0.1, 0.15) is 4.90 Å². The molecule has 2 aromatic heterocycles. The van der Waals surface area contributed by atoms with Crippen LogP contribution < -0.4 is 0 Å². The maximum Gasteiger partial charge on any atom is 0.337 e. The number of nitrogens with zero attached hydrogens (tertiary/aromatic N) is 3. The molecule has 1 aliphatic rings. The maximum absolute atomic E-state index is 13.0. The summed E-state index contributed by atoms with van der Waals surface area (Å²) in [6.07, 6.45) is 3.74. The topological polar surface area (TPSA) is 100 Å². The summed E-state index contributed by atoms with van der Waals surface area (Å²) in [6, 6.07) is 1.20. The number of hydrogen-bond acceptors (Lipinski definition) is 6. The van der Waals surface area contributed by atoms with Crippen LogP contribution in [0.15, 0.2) is 22.5 Å². The minimum absolute atomic E-state index is 0.0705. The van der Waals surface area contributed by atoms with Crippen LogP contribution in [0.1, 0.15) is 52.4 Å². The third kappa shape index (κ3) is 3.65. The fraction of sp³-hybridized carbons (Fsp3) is 0.471. The molecule has 1 unspecified atom stereocenters. The molecule has 1 atom stereocenters. The lowest BCUT2D eigenvalue weighted by molar-refractivity contribution is 0.0695. The molecule has 3 heterocycles. The van der Waals surface area contributed by atoms with E-state index in [-0.39, 0.29) is 16.4 Å².